The highest BCUT2D eigenvalue weighted by molar-refractivity contribution is 7.18. The second kappa shape index (κ2) is 13.3. The lowest BCUT2D eigenvalue weighted by molar-refractivity contribution is -0.133. The van der Waals surface area contributed by atoms with Crippen LogP contribution in [0.25, 0.3) is 10.7 Å². The maximum Gasteiger partial charge on any atom is 0.236 e. The summed E-state index contributed by atoms with van der Waals surface area (Å²) < 4.78 is 7.32. The summed E-state index contributed by atoms with van der Waals surface area (Å²) in [7, 11) is 1.84. The summed E-state index contributed by atoms with van der Waals surface area (Å²) in [6.45, 7) is 10.6. The molecule has 1 atom stereocenters. The van der Waals surface area contributed by atoms with Crippen molar-refractivity contribution in [1.29, 1.82) is 5.41 Å². The van der Waals surface area contributed by atoms with Crippen LogP contribution < -0.4 is 14.5 Å². The van der Waals surface area contributed by atoms with E-state index in [4.69, 9.17) is 15.1 Å². The van der Waals surface area contributed by atoms with Crippen molar-refractivity contribution >= 4 is 39.8 Å². The van der Waals surface area contributed by atoms with Crippen LogP contribution in [-0.4, -0.2) is 116 Å². The van der Waals surface area contributed by atoms with Crippen molar-refractivity contribution in [2.75, 3.05) is 62.2 Å². The van der Waals surface area contributed by atoms with Gasteiger partial charge < -0.3 is 14.5 Å². The largest absolute Gasteiger partial charge is 0.475 e. The molecule has 0 aromatic carbocycles. The molecule has 0 bridgehead atoms. The maximum atomic E-state index is 14.0. The Morgan fingerprint density at radius 1 is 1.02 bits per heavy atom. The number of hydrogen-bond acceptors (Lipinski definition) is 12. The Labute approximate surface area is 289 Å². The standard InChI is InChI=1S/C34H41N11O3S/c1-22(2)48-27-8-6-24(17-36-27)29(35)30-23(3)5-7-26(39-30)45-12-10-34(32(45)47)9-11-42(20-34)19-28(46)43-13-15-44(16-14-43)33-37-18-25(49-33)31-38-21-41(4)40-31/h5-8,17-18,21-22,35H,9-16,19-20H2,1-4H3/t34-/m0/s1. The number of nitrogens with zero attached hydrogens (tertiary/aromatic N) is 10. The molecule has 1 spiro atoms. The Kier molecular flexibility index (Phi) is 8.88. The first-order valence-corrected chi connectivity index (χ1v) is 17.5. The number of rotatable bonds is 9. The van der Waals surface area contributed by atoms with Crippen LogP contribution >= 0.6 is 11.3 Å². The van der Waals surface area contributed by atoms with Gasteiger partial charge in [0.1, 0.15) is 12.1 Å². The van der Waals surface area contributed by atoms with Crippen LogP contribution in [0.5, 0.6) is 5.88 Å². The molecule has 14 nitrogen and oxygen atoms in total. The van der Waals surface area contributed by atoms with E-state index in [9.17, 15) is 9.59 Å². The minimum absolute atomic E-state index is 0.00901. The number of amides is 2. The zero-order valence-electron chi connectivity index (χ0n) is 28.3. The van der Waals surface area contributed by atoms with Gasteiger partial charge in [-0.05, 0) is 57.9 Å². The van der Waals surface area contributed by atoms with E-state index in [0.29, 0.717) is 94.0 Å². The number of aromatic nitrogens is 6. The Bertz CT molecular complexity index is 1860. The molecule has 2 amide bonds. The summed E-state index contributed by atoms with van der Waals surface area (Å²) in [5.41, 5.74) is 1.71. The van der Waals surface area contributed by atoms with Crippen LogP contribution in [0, 0.1) is 17.7 Å². The average Bonchev–Trinajstić information content (AvgIpc) is 3.90. The normalized spacial score (nSPS) is 19.9. The quantitative estimate of drug-likeness (QED) is 0.261. The molecule has 0 unspecified atom stereocenters. The zero-order valence-corrected chi connectivity index (χ0v) is 29.1. The van der Waals surface area contributed by atoms with Gasteiger partial charge in [-0.15, -0.1) is 0 Å². The first-order valence-electron chi connectivity index (χ1n) is 16.7. The predicted octanol–water partition coefficient (Wildman–Crippen LogP) is 3.02. The fourth-order valence-electron chi connectivity index (χ4n) is 6.81. The van der Waals surface area contributed by atoms with E-state index in [1.807, 2.05) is 57.1 Å². The second-order valence-corrected chi connectivity index (χ2v) is 14.3. The number of nitrogens with one attached hydrogen (secondary N) is 1. The Morgan fingerprint density at radius 3 is 2.53 bits per heavy atom. The van der Waals surface area contributed by atoms with Gasteiger partial charge in [-0.1, -0.05) is 17.4 Å². The first-order chi connectivity index (χ1) is 23.6. The number of piperazine rings is 1. The van der Waals surface area contributed by atoms with Gasteiger partial charge in [0, 0.05) is 64.1 Å². The van der Waals surface area contributed by atoms with Gasteiger partial charge in [0.2, 0.25) is 17.7 Å². The molecule has 15 heteroatoms. The van der Waals surface area contributed by atoms with E-state index in [1.165, 1.54) is 0 Å². The van der Waals surface area contributed by atoms with Crippen molar-refractivity contribution in [3.05, 3.63) is 59.8 Å². The highest BCUT2D eigenvalue weighted by Crippen LogP contribution is 2.42. The zero-order chi connectivity index (χ0) is 34.3. The van der Waals surface area contributed by atoms with Crippen molar-refractivity contribution in [3.63, 3.8) is 0 Å². The number of thiazole rings is 1. The third kappa shape index (κ3) is 6.64. The molecule has 4 aromatic heterocycles. The van der Waals surface area contributed by atoms with E-state index in [0.717, 1.165) is 15.6 Å². The number of ether oxygens (including phenoxy) is 1. The first kappa shape index (κ1) is 32.8. The second-order valence-electron chi connectivity index (χ2n) is 13.3. The maximum absolute atomic E-state index is 14.0. The van der Waals surface area contributed by atoms with Crippen molar-refractivity contribution < 1.29 is 14.3 Å². The summed E-state index contributed by atoms with van der Waals surface area (Å²) in [5, 5.41) is 14.1. The Morgan fingerprint density at radius 2 is 1.82 bits per heavy atom. The fourth-order valence-corrected chi connectivity index (χ4v) is 7.72. The molecular weight excluding hydrogens is 643 g/mol. The molecule has 0 saturated carbocycles. The van der Waals surface area contributed by atoms with Crippen LogP contribution in [0.4, 0.5) is 10.9 Å². The smallest absolute Gasteiger partial charge is 0.236 e. The summed E-state index contributed by atoms with van der Waals surface area (Å²) in [6, 6.07) is 7.34. The van der Waals surface area contributed by atoms with Gasteiger partial charge in [-0.2, -0.15) is 5.10 Å². The van der Waals surface area contributed by atoms with Crippen LogP contribution in [0.1, 0.15) is 43.5 Å². The van der Waals surface area contributed by atoms with Gasteiger partial charge in [-0.25, -0.2) is 19.9 Å². The van der Waals surface area contributed by atoms with Crippen molar-refractivity contribution in [1.82, 2.24) is 39.5 Å². The van der Waals surface area contributed by atoms with Gasteiger partial charge in [0.25, 0.3) is 0 Å². The Balaban J connectivity index is 0.939. The van der Waals surface area contributed by atoms with Crippen LogP contribution in [0.2, 0.25) is 0 Å². The fraction of sp³-hybridized carbons (Fsp3) is 0.471. The average molecular weight is 684 g/mol. The van der Waals surface area contributed by atoms with Crippen LogP contribution in [0.15, 0.2) is 43.0 Å². The number of aryl methyl sites for hydroxylation is 2. The van der Waals surface area contributed by atoms with Crippen molar-refractivity contribution in [2.45, 2.75) is 39.7 Å². The van der Waals surface area contributed by atoms with E-state index >= 15 is 0 Å². The highest BCUT2D eigenvalue weighted by Gasteiger charge is 2.51. The van der Waals surface area contributed by atoms with E-state index < -0.39 is 5.41 Å². The van der Waals surface area contributed by atoms with Gasteiger partial charge in [-0.3, -0.25) is 29.5 Å². The molecular formula is C34H41N11O3S. The molecule has 1 N–H and O–H groups in total. The molecule has 3 aliphatic heterocycles. The molecule has 0 aliphatic carbocycles. The van der Waals surface area contributed by atoms with Gasteiger partial charge in [0.15, 0.2) is 11.0 Å². The lowest BCUT2D eigenvalue weighted by atomic mass is 9.85. The molecule has 0 radical (unpaired) electrons. The molecule has 7 rings (SSSR count). The third-order valence-electron chi connectivity index (χ3n) is 9.50. The van der Waals surface area contributed by atoms with E-state index in [1.54, 1.807) is 39.5 Å². The van der Waals surface area contributed by atoms with Gasteiger partial charge >= 0.3 is 0 Å². The summed E-state index contributed by atoms with van der Waals surface area (Å²) in [4.78, 5) is 54.3. The van der Waals surface area contributed by atoms with Crippen LogP contribution in [-0.2, 0) is 16.6 Å². The van der Waals surface area contributed by atoms with Crippen molar-refractivity contribution in [2.24, 2.45) is 12.5 Å². The predicted molar refractivity (Wildman–Crippen MR) is 186 cm³/mol. The van der Waals surface area contributed by atoms with E-state index in [2.05, 4.69) is 29.9 Å². The molecule has 49 heavy (non-hydrogen) atoms. The topological polar surface area (TPSA) is 150 Å². The molecule has 256 valence electrons. The number of anilines is 2. The Hall–Kier alpha value is -4.76. The molecule has 3 fully saturated rings. The third-order valence-corrected chi connectivity index (χ3v) is 10.6. The number of carbonyl (C=O) groups is 2. The number of likely N-dealkylation sites (tertiary alicyclic amines) is 1. The molecule has 7 heterocycles. The number of hydrogen-bond donors (Lipinski definition) is 1. The molecule has 4 aromatic rings. The minimum atomic E-state index is -0.527. The SMILES string of the molecule is Cc1ccc(N2CC[C@]3(CCN(CC(=O)N4CCN(c5ncc(-c6ncn(C)n6)s5)CC4)C3)C2=O)nc1C(=N)c1ccc(OC(C)C)nc1. The summed E-state index contributed by atoms with van der Waals surface area (Å²) in [6.07, 6.45) is 6.54. The van der Waals surface area contributed by atoms with E-state index in [-0.39, 0.29) is 23.6 Å². The summed E-state index contributed by atoms with van der Waals surface area (Å²) >= 11 is 1.56. The molecule has 3 saturated heterocycles. The highest BCUT2D eigenvalue weighted by atomic mass is 32.1. The monoisotopic (exact) mass is 683 g/mol. The number of pyridine rings is 2. The number of carbonyl (C=O) groups excluding carboxylic acids is 2. The minimum Gasteiger partial charge on any atom is -0.475 e. The lowest BCUT2D eigenvalue weighted by Crippen LogP contribution is -2.51. The molecule has 3 aliphatic rings. The summed E-state index contributed by atoms with van der Waals surface area (Å²) in [5.74, 6) is 1.87. The van der Waals surface area contributed by atoms with Crippen molar-refractivity contribution in [3.8, 4) is 16.6 Å². The van der Waals surface area contributed by atoms with Gasteiger partial charge in [0.05, 0.1) is 40.5 Å². The lowest BCUT2D eigenvalue weighted by Gasteiger charge is -2.35. The van der Waals surface area contributed by atoms with Crippen LogP contribution in [0.3, 0.4) is 0 Å².